The molecule has 166 valence electrons. The first-order valence-corrected chi connectivity index (χ1v) is 11.0. The summed E-state index contributed by atoms with van der Waals surface area (Å²) in [6, 6.07) is 11.5. The summed E-state index contributed by atoms with van der Waals surface area (Å²) in [5.41, 5.74) is 1.43. The van der Waals surface area contributed by atoms with Crippen LogP contribution in [0.2, 0.25) is 0 Å². The largest absolute Gasteiger partial charge is 0.356 e. The third kappa shape index (κ3) is 6.67. The topological polar surface area (TPSA) is 96.3 Å². The molecule has 1 aliphatic heterocycles. The number of carbonyl (C=O) groups is 3. The summed E-state index contributed by atoms with van der Waals surface area (Å²) in [6.07, 6.45) is 3.95. The monoisotopic (exact) mass is 425 g/mol. The minimum absolute atomic E-state index is 0.0167. The first-order valence-electron chi connectivity index (χ1n) is 11.0. The molecule has 3 amide bonds. The highest BCUT2D eigenvalue weighted by Gasteiger charge is 2.23. The van der Waals surface area contributed by atoms with Crippen LogP contribution in [0.5, 0.6) is 0 Å². The molecule has 1 saturated heterocycles. The maximum atomic E-state index is 12.9. The molecule has 1 fully saturated rings. The fourth-order valence-electron chi connectivity index (χ4n) is 3.70. The number of rotatable bonds is 5. The van der Waals surface area contributed by atoms with Crippen LogP contribution in [0.25, 0.3) is 0 Å². The van der Waals surface area contributed by atoms with Crippen molar-refractivity contribution in [3.8, 4) is 0 Å². The van der Waals surface area contributed by atoms with Crippen molar-refractivity contribution in [1.29, 1.82) is 0 Å². The molecule has 2 N–H and O–H groups in total. The summed E-state index contributed by atoms with van der Waals surface area (Å²) in [4.78, 5) is 39.5. The Morgan fingerprint density at radius 2 is 1.97 bits per heavy atom. The van der Waals surface area contributed by atoms with Gasteiger partial charge < -0.3 is 15.5 Å². The maximum absolute atomic E-state index is 12.9. The lowest BCUT2D eigenvalue weighted by Crippen LogP contribution is -2.36. The highest BCUT2D eigenvalue weighted by molar-refractivity contribution is 5.92. The summed E-state index contributed by atoms with van der Waals surface area (Å²) in [7, 11) is 0. The quantitative estimate of drug-likeness (QED) is 0.766. The summed E-state index contributed by atoms with van der Waals surface area (Å²) in [5, 5.41) is 10.2. The number of hydrogen-bond donors (Lipinski definition) is 2. The molecule has 1 aliphatic rings. The van der Waals surface area contributed by atoms with E-state index in [0.717, 1.165) is 5.56 Å². The first-order chi connectivity index (χ1) is 15.1. The molecule has 0 saturated carbocycles. The molecule has 1 unspecified atom stereocenters. The van der Waals surface area contributed by atoms with Crippen LogP contribution in [-0.4, -0.2) is 52.0 Å². The van der Waals surface area contributed by atoms with Crippen LogP contribution in [-0.2, 0) is 22.7 Å². The first kappa shape index (κ1) is 22.5. The van der Waals surface area contributed by atoms with E-state index in [1.165, 1.54) is 0 Å². The van der Waals surface area contributed by atoms with E-state index in [-0.39, 0.29) is 30.1 Å². The Balaban J connectivity index is 1.61. The SMILES string of the molecule is CCn1ccc(C(=O)N2CCCC(C(=O)NCc3ccccc3)CCNC(=O)CC2)n1. The maximum Gasteiger partial charge on any atom is 0.274 e. The lowest BCUT2D eigenvalue weighted by atomic mass is 9.98. The highest BCUT2D eigenvalue weighted by atomic mass is 16.2. The van der Waals surface area contributed by atoms with E-state index in [9.17, 15) is 14.4 Å². The Hall–Kier alpha value is -3.16. The number of carbonyl (C=O) groups excluding carboxylic acids is 3. The predicted octanol–water partition coefficient (Wildman–Crippen LogP) is 1.97. The van der Waals surface area contributed by atoms with E-state index in [4.69, 9.17) is 0 Å². The van der Waals surface area contributed by atoms with Gasteiger partial charge in [-0.15, -0.1) is 0 Å². The van der Waals surface area contributed by atoms with Gasteiger partial charge in [-0.1, -0.05) is 30.3 Å². The van der Waals surface area contributed by atoms with Crippen LogP contribution in [0.15, 0.2) is 42.6 Å². The molecule has 0 spiro atoms. The lowest BCUT2D eigenvalue weighted by molar-refractivity contribution is -0.126. The summed E-state index contributed by atoms with van der Waals surface area (Å²) in [6.45, 7) is 4.42. The van der Waals surface area contributed by atoms with Crippen LogP contribution in [0.4, 0.5) is 0 Å². The molecular weight excluding hydrogens is 394 g/mol. The molecule has 0 aliphatic carbocycles. The normalized spacial score (nSPS) is 18.0. The number of nitrogens with one attached hydrogen (secondary N) is 2. The number of benzene rings is 1. The summed E-state index contributed by atoms with van der Waals surface area (Å²) in [5.74, 6) is -0.512. The third-order valence-corrected chi connectivity index (χ3v) is 5.56. The van der Waals surface area contributed by atoms with Gasteiger partial charge in [0.15, 0.2) is 0 Å². The van der Waals surface area contributed by atoms with Gasteiger partial charge in [-0.25, -0.2) is 0 Å². The average Bonchev–Trinajstić information content (AvgIpc) is 3.26. The second-order valence-corrected chi connectivity index (χ2v) is 7.78. The van der Waals surface area contributed by atoms with E-state index in [1.54, 1.807) is 21.8 Å². The lowest BCUT2D eigenvalue weighted by Gasteiger charge is -2.22. The molecule has 1 atom stereocenters. The van der Waals surface area contributed by atoms with Crippen molar-refractivity contribution in [2.24, 2.45) is 5.92 Å². The Morgan fingerprint density at radius 3 is 2.71 bits per heavy atom. The number of nitrogens with zero attached hydrogens (tertiary/aromatic N) is 3. The third-order valence-electron chi connectivity index (χ3n) is 5.56. The Morgan fingerprint density at radius 1 is 1.16 bits per heavy atom. The summed E-state index contributed by atoms with van der Waals surface area (Å²) < 4.78 is 1.71. The van der Waals surface area contributed by atoms with Gasteiger partial charge in [0.2, 0.25) is 11.8 Å². The standard InChI is InChI=1S/C23H31N5O3/c1-2-28-16-11-20(26-28)23(31)27-14-6-9-19(10-13-24-21(29)12-15-27)22(30)25-17-18-7-4-3-5-8-18/h3-5,7-8,11,16,19H,2,6,9-10,12-15,17H2,1H3,(H,24,29)(H,25,30). The van der Waals surface area contributed by atoms with Gasteiger partial charge in [-0.3, -0.25) is 19.1 Å². The van der Waals surface area contributed by atoms with E-state index in [2.05, 4.69) is 15.7 Å². The molecule has 0 radical (unpaired) electrons. The van der Waals surface area contributed by atoms with Crippen molar-refractivity contribution in [1.82, 2.24) is 25.3 Å². The number of amides is 3. The van der Waals surface area contributed by atoms with Crippen molar-refractivity contribution in [3.05, 3.63) is 53.9 Å². The molecular formula is C23H31N5O3. The molecule has 31 heavy (non-hydrogen) atoms. The average molecular weight is 426 g/mol. The fourth-order valence-corrected chi connectivity index (χ4v) is 3.70. The van der Waals surface area contributed by atoms with Gasteiger partial charge in [0.05, 0.1) is 0 Å². The number of aryl methyl sites for hydroxylation is 1. The zero-order chi connectivity index (χ0) is 22.1. The van der Waals surface area contributed by atoms with Gasteiger partial charge in [0.1, 0.15) is 5.69 Å². The minimum atomic E-state index is -0.210. The fraction of sp³-hybridized carbons (Fsp3) is 0.478. The highest BCUT2D eigenvalue weighted by Crippen LogP contribution is 2.15. The molecule has 1 aromatic heterocycles. The van der Waals surface area contributed by atoms with Crippen LogP contribution >= 0.6 is 0 Å². The van der Waals surface area contributed by atoms with Gasteiger partial charge in [-0.2, -0.15) is 5.10 Å². The zero-order valence-electron chi connectivity index (χ0n) is 18.0. The molecule has 0 bridgehead atoms. The van der Waals surface area contributed by atoms with Crippen molar-refractivity contribution in [2.45, 2.75) is 45.7 Å². The molecule has 1 aromatic carbocycles. The molecule has 8 heteroatoms. The Bertz CT molecular complexity index is 880. The molecule has 2 heterocycles. The van der Waals surface area contributed by atoms with Gasteiger partial charge in [0, 0.05) is 51.3 Å². The molecule has 2 aromatic rings. The predicted molar refractivity (Wildman–Crippen MR) is 117 cm³/mol. The smallest absolute Gasteiger partial charge is 0.274 e. The van der Waals surface area contributed by atoms with Gasteiger partial charge >= 0.3 is 0 Å². The second kappa shape index (κ2) is 11.3. The number of hydrogen-bond acceptors (Lipinski definition) is 4. The second-order valence-electron chi connectivity index (χ2n) is 7.78. The van der Waals surface area contributed by atoms with Gasteiger partial charge in [0.25, 0.3) is 5.91 Å². The van der Waals surface area contributed by atoms with Crippen molar-refractivity contribution in [3.63, 3.8) is 0 Å². The zero-order valence-corrected chi connectivity index (χ0v) is 18.0. The Labute approximate surface area is 183 Å². The van der Waals surface area contributed by atoms with Crippen LogP contribution in [0, 0.1) is 5.92 Å². The minimum Gasteiger partial charge on any atom is -0.356 e. The number of aromatic nitrogens is 2. The molecule has 3 rings (SSSR count). The van der Waals surface area contributed by atoms with E-state index in [0.29, 0.717) is 57.7 Å². The van der Waals surface area contributed by atoms with E-state index < -0.39 is 0 Å². The van der Waals surface area contributed by atoms with Crippen molar-refractivity contribution >= 4 is 17.7 Å². The van der Waals surface area contributed by atoms with Crippen molar-refractivity contribution < 1.29 is 14.4 Å². The van der Waals surface area contributed by atoms with Gasteiger partial charge in [-0.05, 0) is 37.8 Å². The van der Waals surface area contributed by atoms with E-state index >= 15 is 0 Å². The van der Waals surface area contributed by atoms with Crippen LogP contribution in [0.1, 0.15) is 48.7 Å². The summed E-state index contributed by atoms with van der Waals surface area (Å²) >= 11 is 0. The van der Waals surface area contributed by atoms with Crippen molar-refractivity contribution in [2.75, 3.05) is 19.6 Å². The molecule has 8 nitrogen and oxygen atoms in total. The van der Waals surface area contributed by atoms with Crippen LogP contribution in [0.3, 0.4) is 0 Å². The van der Waals surface area contributed by atoms with E-state index in [1.807, 2.05) is 37.3 Å². The van der Waals surface area contributed by atoms with Crippen LogP contribution < -0.4 is 10.6 Å². The Kier molecular flexibility index (Phi) is 8.20.